The molecule has 0 aliphatic carbocycles. The van der Waals surface area contributed by atoms with Gasteiger partial charge in [0.05, 0.1) is 5.69 Å². The minimum absolute atomic E-state index is 0.233. The Bertz CT molecular complexity index is 1160. The number of carbonyl (C=O) groups excluding carboxylic acids is 2. The van der Waals surface area contributed by atoms with Crippen LogP contribution < -0.4 is 26.8 Å². The molecule has 3 aromatic rings. The first-order valence-corrected chi connectivity index (χ1v) is 10.7. The molecule has 0 fully saturated rings. The number of thiocarbonyl (C=S) groups is 1. The molecule has 0 spiro atoms. The van der Waals surface area contributed by atoms with Crippen LogP contribution in [0.1, 0.15) is 26.3 Å². The van der Waals surface area contributed by atoms with E-state index in [0.717, 1.165) is 5.56 Å². The SMILES string of the molecule is C=CCNC(=S)Nc1cccc(C(=O)Nc2ccc(NNC(=O)c3cccc(C)c3)cc2)c1. The summed E-state index contributed by atoms with van der Waals surface area (Å²) in [5.41, 5.74) is 9.60. The number of aryl methyl sites for hydroxylation is 1. The van der Waals surface area contributed by atoms with Gasteiger partial charge in [-0.2, -0.15) is 0 Å². The van der Waals surface area contributed by atoms with Crippen LogP contribution in [0.15, 0.2) is 85.5 Å². The van der Waals surface area contributed by atoms with Gasteiger partial charge in [-0.1, -0.05) is 29.8 Å². The average Bonchev–Trinajstić information content (AvgIpc) is 2.82. The summed E-state index contributed by atoms with van der Waals surface area (Å²) in [6, 6.07) is 21.4. The minimum Gasteiger partial charge on any atom is -0.359 e. The normalized spacial score (nSPS) is 9.97. The van der Waals surface area contributed by atoms with Gasteiger partial charge in [-0.05, 0) is 73.7 Å². The topological polar surface area (TPSA) is 94.3 Å². The summed E-state index contributed by atoms with van der Waals surface area (Å²) < 4.78 is 0. The van der Waals surface area contributed by atoms with Crippen molar-refractivity contribution in [3.05, 3.63) is 102 Å². The van der Waals surface area contributed by atoms with Crippen LogP contribution in [0.5, 0.6) is 0 Å². The molecular weight excluding hydrogens is 434 g/mol. The van der Waals surface area contributed by atoms with Crippen LogP contribution in [0, 0.1) is 6.92 Å². The van der Waals surface area contributed by atoms with Gasteiger partial charge in [0.15, 0.2) is 5.11 Å². The van der Waals surface area contributed by atoms with Gasteiger partial charge in [-0.15, -0.1) is 6.58 Å². The van der Waals surface area contributed by atoms with E-state index >= 15 is 0 Å². The lowest BCUT2D eigenvalue weighted by Gasteiger charge is -2.12. The predicted octanol–water partition coefficient (Wildman–Crippen LogP) is 4.48. The van der Waals surface area contributed by atoms with Gasteiger partial charge in [0.1, 0.15) is 0 Å². The molecule has 168 valence electrons. The molecule has 7 nitrogen and oxygen atoms in total. The number of hydrogen-bond donors (Lipinski definition) is 5. The lowest BCUT2D eigenvalue weighted by atomic mass is 10.1. The molecule has 0 bridgehead atoms. The van der Waals surface area contributed by atoms with E-state index in [2.05, 4.69) is 33.4 Å². The quantitative estimate of drug-likeness (QED) is 0.194. The van der Waals surface area contributed by atoms with Crippen LogP contribution in [0.4, 0.5) is 17.1 Å². The summed E-state index contributed by atoms with van der Waals surface area (Å²) in [5.74, 6) is -0.485. The van der Waals surface area contributed by atoms with E-state index in [4.69, 9.17) is 12.2 Å². The van der Waals surface area contributed by atoms with Crippen molar-refractivity contribution in [1.82, 2.24) is 10.7 Å². The van der Waals surface area contributed by atoms with E-state index in [9.17, 15) is 9.59 Å². The number of hydrazine groups is 1. The molecule has 2 amide bonds. The van der Waals surface area contributed by atoms with Gasteiger partial charge in [-0.3, -0.25) is 20.4 Å². The second-order valence-corrected chi connectivity index (χ2v) is 7.59. The van der Waals surface area contributed by atoms with Crippen LogP contribution in [0.2, 0.25) is 0 Å². The second-order valence-electron chi connectivity index (χ2n) is 7.18. The van der Waals surface area contributed by atoms with E-state index < -0.39 is 0 Å². The highest BCUT2D eigenvalue weighted by Gasteiger charge is 2.08. The van der Waals surface area contributed by atoms with E-state index in [0.29, 0.717) is 39.8 Å². The molecule has 0 aromatic heterocycles. The number of anilines is 3. The third kappa shape index (κ3) is 7.19. The van der Waals surface area contributed by atoms with Crippen molar-refractivity contribution in [1.29, 1.82) is 0 Å². The second kappa shape index (κ2) is 11.4. The summed E-state index contributed by atoms with van der Waals surface area (Å²) in [4.78, 5) is 24.9. The van der Waals surface area contributed by atoms with Gasteiger partial charge in [0.2, 0.25) is 0 Å². The Balaban J connectivity index is 1.54. The van der Waals surface area contributed by atoms with Crippen molar-refractivity contribution in [2.75, 3.05) is 22.6 Å². The van der Waals surface area contributed by atoms with Crippen LogP contribution in [-0.4, -0.2) is 23.5 Å². The van der Waals surface area contributed by atoms with Gasteiger partial charge in [-0.25, -0.2) is 0 Å². The molecule has 0 aliphatic rings. The van der Waals surface area contributed by atoms with Crippen molar-refractivity contribution < 1.29 is 9.59 Å². The molecular formula is C25H25N5O2S. The number of benzene rings is 3. The zero-order valence-electron chi connectivity index (χ0n) is 18.1. The van der Waals surface area contributed by atoms with Gasteiger partial charge < -0.3 is 16.0 Å². The molecule has 0 heterocycles. The lowest BCUT2D eigenvalue weighted by molar-refractivity contribution is 0.0961. The highest BCUT2D eigenvalue weighted by molar-refractivity contribution is 7.80. The summed E-state index contributed by atoms with van der Waals surface area (Å²) >= 11 is 5.20. The number of amides is 2. The molecule has 5 N–H and O–H groups in total. The average molecular weight is 460 g/mol. The Morgan fingerprint density at radius 2 is 1.52 bits per heavy atom. The molecule has 33 heavy (non-hydrogen) atoms. The maximum atomic E-state index is 12.6. The Morgan fingerprint density at radius 3 is 2.21 bits per heavy atom. The first kappa shape index (κ1) is 23.5. The first-order valence-electron chi connectivity index (χ1n) is 10.2. The molecule has 0 unspecified atom stereocenters. The third-order valence-corrected chi connectivity index (χ3v) is 4.78. The van der Waals surface area contributed by atoms with Gasteiger partial charge in [0.25, 0.3) is 11.8 Å². The zero-order valence-corrected chi connectivity index (χ0v) is 19.0. The van der Waals surface area contributed by atoms with Crippen molar-refractivity contribution in [3.8, 4) is 0 Å². The maximum absolute atomic E-state index is 12.6. The van der Waals surface area contributed by atoms with Crippen molar-refractivity contribution in [2.45, 2.75) is 6.92 Å². The maximum Gasteiger partial charge on any atom is 0.269 e. The molecule has 8 heteroatoms. The van der Waals surface area contributed by atoms with Crippen LogP contribution in [0.3, 0.4) is 0 Å². The summed E-state index contributed by atoms with van der Waals surface area (Å²) in [6.45, 7) is 6.11. The van der Waals surface area contributed by atoms with E-state index in [1.54, 1.807) is 54.6 Å². The van der Waals surface area contributed by atoms with Crippen molar-refractivity contribution in [2.24, 2.45) is 0 Å². The standard InChI is InChI=1S/C25H25N5O2S/c1-3-14-26-25(33)28-22-9-5-8-19(16-22)23(31)27-20-10-12-21(13-11-20)29-30-24(32)18-7-4-6-17(2)15-18/h3-13,15-16,29H,1,14H2,2H3,(H,27,31)(H,30,32)(H2,26,28,33). The predicted molar refractivity (Wildman–Crippen MR) is 138 cm³/mol. The molecule has 0 saturated heterocycles. The largest absolute Gasteiger partial charge is 0.359 e. The van der Waals surface area contributed by atoms with Crippen LogP contribution >= 0.6 is 12.2 Å². The number of hydrogen-bond acceptors (Lipinski definition) is 4. The molecule has 0 aliphatic heterocycles. The molecule has 3 aromatic carbocycles. The highest BCUT2D eigenvalue weighted by Crippen LogP contribution is 2.16. The number of carbonyl (C=O) groups is 2. The monoisotopic (exact) mass is 459 g/mol. The fraction of sp³-hybridized carbons (Fsp3) is 0.0800. The fourth-order valence-electron chi connectivity index (χ4n) is 2.91. The lowest BCUT2D eigenvalue weighted by Crippen LogP contribution is -2.29. The number of rotatable bonds is 8. The minimum atomic E-state index is -0.253. The third-order valence-electron chi connectivity index (χ3n) is 4.53. The Hall–Kier alpha value is -4.17. The van der Waals surface area contributed by atoms with E-state index in [1.807, 2.05) is 31.2 Å². The Morgan fingerprint density at radius 1 is 0.848 bits per heavy atom. The van der Waals surface area contributed by atoms with Crippen molar-refractivity contribution >= 4 is 46.2 Å². The van der Waals surface area contributed by atoms with Crippen LogP contribution in [-0.2, 0) is 0 Å². The van der Waals surface area contributed by atoms with Crippen molar-refractivity contribution in [3.63, 3.8) is 0 Å². The molecule has 0 atom stereocenters. The van der Waals surface area contributed by atoms with Crippen LogP contribution in [0.25, 0.3) is 0 Å². The fourth-order valence-corrected chi connectivity index (χ4v) is 3.11. The highest BCUT2D eigenvalue weighted by atomic mass is 32.1. The summed E-state index contributed by atoms with van der Waals surface area (Å²) in [5, 5.41) is 9.31. The van der Waals surface area contributed by atoms with Gasteiger partial charge >= 0.3 is 0 Å². The van der Waals surface area contributed by atoms with E-state index in [1.165, 1.54) is 0 Å². The van der Waals surface area contributed by atoms with Gasteiger partial charge in [0, 0.05) is 29.0 Å². The summed E-state index contributed by atoms with van der Waals surface area (Å²) in [7, 11) is 0. The first-order chi connectivity index (χ1) is 15.9. The van der Waals surface area contributed by atoms with E-state index in [-0.39, 0.29) is 11.8 Å². The molecule has 0 radical (unpaired) electrons. The number of nitrogens with one attached hydrogen (secondary N) is 5. The summed E-state index contributed by atoms with van der Waals surface area (Å²) in [6.07, 6.45) is 1.71. The smallest absolute Gasteiger partial charge is 0.269 e. The molecule has 0 saturated carbocycles. The Kier molecular flexibility index (Phi) is 8.15. The Labute approximate surface area is 198 Å². The molecule has 3 rings (SSSR count). The zero-order chi connectivity index (χ0) is 23.6.